The zero-order valence-electron chi connectivity index (χ0n) is 18.7. The predicted octanol–water partition coefficient (Wildman–Crippen LogP) is 5.23. The lowest BCUT2D eigenvalue weighted by Crippen LogP contribution is -2.25. The summed E-state index contributed by atoms with van der Waals surface area (Å²) in [6.07, 6.45) is 1.54. The van der Waals surface area contributed by atoms with Gasteiger partial charge < -0.3 is 19.4 Å². The number of carbonyl (C=O) groups excluding carboxylic acids is 1. The maximum absolute atomic E-state index is 12.6. The molecule has 3 aromatic carbocycles. The van der Waals surface area contributed by atoms with Gasteiger partial charge in [0, 0.05) is 29.5 Å². The van der Waals surface area contributed by atoms with Crippen LogP contribution in [0.4, 0.5) is 0 Å². The lowest BCUT2D eigenvalue weighted by Gasteiger charge is -2.11. The lowest BCUT2D eigenvalue weighted by atomic mass is 10.2. The number of nitrogens with zero attached hydrogens (tertiary/aromatic N) is 2. The van der Waals surface area contributed by atoms with E-state index in [9.17, 15) is 4.79 Å². The fraction of sp³-hybridized carbons (Fsp3) is 0.231. The first-order valence-electron chi connectivity index (χ1n) is 10.8. The molecule has 170 valence electrons. The van der Waals surface area contributed by atoms with Gasteiger partial charge in [0.1, 0.15) is 5.82 Å². The van der Waals surface area contributed by atoms with Crippen molar-refractivity contribution < 1.29 is 14.3 Å². The zero-order valence-corrected chi connectivity index (χ0v) is 20.3. The summed E-state index contributed by atoms with van der Waals surface area (Å²) in [5, 5.41) is 2.99. The third kappa shape index (κ3) is 5.37. The Morgan fingerprint density at radius 2 is 1.76 bits per heavy atom. The van der Waals surface area contributed by atoms with Crippen molar-refractivity contribution in [2.45, 2.75) is 19.4 Å². The first kappa shape index (κ1) is 22.9. The van der Waals surface area contributed by atoms with Gasteiger partial charge in [-0.15, -0.1) is 0 Å². The Morgan fingerprint density at radius 1 is 1.00 bits per heavy atom. The number of rotatable bonds is 9. The monoisotopic (exact) mass is 507 g/mol. The molecule has 0 radical (unpaired) electrons. The molecule has 0 fully saturated rings. The zero-order chi connectivity index (χ0) is 23.2. The minimum Gasteiger partial charge on any atom is -0.493 e. The minimum absolute atomic E-state index is 0.140. The number of amides is 1. The van der Waals surface area contributed by atoms with Crippen LogP contribution in [-0.2, 0) is 13.0 Å². The molecule has 4 rings (SSSR count). The second-order valence-corrected chi connectivity index (χ2v) is 8.57. The molecular weight excluding hydrogens is 482 g/mol. The summed E-state index contributed by atoms with van der Waals surface area (Å²) in [5.41, 5.74) is 3.85. The van der Waals surface area contributed by atoms with Crippen LogP contribution in [0.3, 0.4) is 0 Å². The van der Waals surface area contributed by atoms with E-state index >= 15 is 0 Å². The topological polar surface area (TPSA) is 65.4 Å². The van der Waals surface area contributed by atoms with Crippen LogP contribution in [0, 0.1) is 0 Å². The van der Waals surface area contributed by atoms with E-state index in [-0.39, 0.29) is 5.91 Å². The molecule has 0 aliphatic carbocycles. The van der Waals surface area contributed by atoms with Crippen LogP contribution in [0.15, 0.2) is 71.2 Å². The van der Waals surface area contributed by atoms with E-state index in [1.165, 1.54) is 5.56 Å². The van der Waals surface area contributed by atoms with E-state index in [4.69, 9.17) is 14.5 Å². The number of imidazole rings is 1. The molecule has 0 atom stereocenters. The fourth-order valence-corrected chi connectivity index (χ4v) is 4.06. The van der Waals surface area contributed by atoms with Gasteiger partial charge in [0.2, 0.25) is 0 Å². The normalized spacial score (nSPS) is 10.9. The number of halogens is 1. The molecule has 1 heterocycles. The molecule has 1 N–H and O–H groups in total. The van der Waals surface area contributed by atoms with E-state index in [0.717, 1.165) is 40.7 Å². The summed E-state index contributed by atoms with van der Waals surface area (Å²) in [6, 6.07) is 21.7. The van der Waals surface area contributed by atoms with E-state index in [1.807, 2.05) is 18.2 Å². The quantitative estimate of drug-likeness (QED) is 0.315. The van der Waals surface area contributed by atoms with Crippen LogP contribution in [0.2, 0.25) is 0 Å². The number of hydrogen-bond donors (Lipinski definition) is 1. The minimum atomic E-state index is -0.140. The Hall–Kier alpha value is -3.32. The number of aryl methyl sites for hydroxylation is 1. The van der Waals surface area contributed by atoms with Crippen molar-refractivity contribution in [2.75, 3.05) is 20.8 Å². The average molecular weight is 508 g/mol. The number of carbonyl (C=O) groups is 1. The van der Waals surface area contributed by atoms with Crippen molar-refractivity contribution in [3.8, 4) is 11.5 Å². The van der Waals surface area contributed by atoms with Gasteiger partial charge in [0.15, 0.2) is 11.5 Å². The highest BCUT2D eigenvalue weighted by atomic mass is 79.9. The van der Waals surface area contributed by atoms with Crippen LogP contribution >= 0.6 is 15.9 Å². The van der Waals surface area contributed by atoms with Crippen LogP contribution in [0.1, 0.15) is 28.2 Å². The Labute approximate surface area is 201 Å². The van der Waals surface area contributed by atoms with Gasteiger partial charge in [-0.3, -0.25) is 4.79 Å². The van der Waals surface area contributed by atoms with E-state index in [0.29, 0.717) is 23.6 Å². The SMILES string of the molecule is COc1ccc(C(=O)NCCCc2nc3ccccc3n2Cc2ccc(Br)cc2)cc1OC. The number of hydrogen-bond acceptors (Lipinski definition) is 4. The van der Waals surface area contributed by atoms with Gasteiger partial charge in [-0.1, -0.05) is 40.2 Å². The molecule has 0 unspecified atom stereocenters. The molecule has 1 aromatic heterocycles. The number of benzene rings is 3. The number of ether oxygens (including phenoxy) is 2. The lowest BCUT2D eigenvalue weighted by molar-refractivity contribution is 0.0952. The van der Waals surface area contributed by atoms with Gasteiger partial charge in [0.05, 0.1) is 25.3 Å². The number of para-hydroxylation sites is 2. The molecule has 6 nitrogen and oxygen atoms in total. The van der Waals surface area contributed by atoms with Crippen molar-refractivity contribution in [2.24, 2.45) is 0 Å². The van der Waals surface area contributed by atoms with Gasteiger partial charge in [-0.25, -0.2) is 4.98 Å². The molecule has 0 saturated carbocycles. The molecule has 0 spiro atoms. The highest BCUT2D eigenvalue weighted by molar-refractivity contribution is 9.10. The van der Waals surface area contributed by atoms with Crippen molar-refractivity contribution in [3.63, 3.8) is 0 Å². The summed E-state index contributed by atoms with van der Waals surface area (Å²) >= 11 is 3.50. The average Bonchev–Trinajstić information content (AvgIpc) is 3.19. The summed E-state index contributed by atoms with van der Waals surface area (Å²) in [6.45, 7) is 1.30. The van der Waals surface area contributed by atoms with Gasteiger partial charge in [-0.05, 0) is 54.4 Å². The predicted molar refractivity (Wildman–Crippen MR) is 133 cm³/mol. The Morgan fingerprint density at radius 3 is 2.52 bits per heavy atom. The Kier molecular flexibility index (Phi) is 7.29. The fourth-order valence-electron chi connectivity index (χ4n) is 3.79. The largest absolute Gasteiger partial charge is 0.493 e. The van der Waals surface area contributed by atoms with Crippen LogP contribution in [0.5, 0.6) is 11.5 Å². The molecule has 0 aliphatic rings. The number of aromatic nitrogens is 2. The third-order valence-electron chi connectivity index (χ3n) is 5.50. The van der Waals surface area contributed by atoms with E-state index in [1.54, 1.807) is 32.4 Å². The molecule has 0 saturated heterocycles. The molecule has 4 aromatic rings. The van der Waals surface area contributed by atoms with E-state index in [2.05, 4.69) is 56.1 Å². The number of methoxy groups -OCH3 is 2. The Bertz CT molecular complexity index is 1250. The highest BCUT2D eigenvalue weighted by Gasteiger charge is 2.13. The van der Waals surface area contributed by atoms with Crippen LogP contribution in [-0.4, -0.2) is 36.2 Å². The molecular formula is C26H26BrN3O3. The first-order valence-corrected chi connectivity index (χ1v) is 11.6. The second-order valence-electron chi connectivity index (χ2n) is 7.66. The molecule has 0 aliphatic heterocycles. The first-order chi connectivity index (χ1) is 16.1. The maximum atomic E-state index is 12.6. The van der Waals surface area contributed by atoms with Gasteiger partial charge >= 0.3 is 0 Å². The standard InChI is InChI=1S/C26H26BrN3O3/c1-32-23-14-11-19(16-24(23)33-2)26(31)28-15-5-8-25-29-21-6-3-4-7-22(21)30(25)17-18-9-12-20(27)13-10-18/h3-4,6-7,9-14,16H,5,8,15,17H2,1-2H3,(H,28,31). The molecule has 1 amide bonds. The van der Waals surface area contributed by atoms with Crippen molar-refractivity contribution in [1.82, 2.24) is 14.9 Å². The number of fused-ring (bicyclic) bond motifs is 1. The number of nitrogens with one attached hydrogen (secondary N) is 1. The van der Waals surface area contributed by atoms with Crippen molar-refractivity contribution in [3.05, 3.63) is 88.2 Å². The summed E-state index contributed by atoms with van der Waals surface area (Å²) in [4.78, 5) is 17.4. The molecule has 33 heavy (non-hydrogen) atoms. The van der Waals surface area contributed by atoms with Crippen LogP contribution < -0.4 is 14.8 Å². The summed E-state index contributed by atoms with van der Waals surface area (Å²) in [5.74, 6) is 2.00. The molecule has 0 bridgehead atoms. The smallest absolute Gasteiger partial charge is 0.251 e. The van der Waals surface area contributed by atoms with E-state index < -0.39 is 0 Å². The molecule has 7 heteroatoms. The second kappa shape index (κ2) is 10.5. The van der Waals surface area contributed by atoms with Gasteiger partial charge in [-0.2, -0.15) is 0 Å². The van der Waals surface area contributed by atoms with Crippen molar-refractivity contribution in [1.29, 1.82) is 0 Å². The third-order valence-corrected chi connectivity index (χ3v) is 6.02. The maximum Gasteiger partial charge on any atom is 0.251 e. The van der Waals surface area contributed by atoms with Crippen LogP contribution in [0.25, 0.3) is 11.0 Å². The Balaban J connectivity index is 1.42. The summed E-state index contributed by atoms with van der Waals surface area (Å²) < 4.78 is 13.8. The summed E-state index contributed by atoms with van der Waals surface area (Å²) in [7, 11) is 3.13. The van der Waals surface area contributed by atoms with Gasteiger partial charge in [0.25, 0.3) is 5.91 Å². The highest BCUT2D eigenvalue weighted by Crippen LogP contribution is 2.27. The van der Waals surface area contributed by atoms with Crippen molar-refractivity contribution >= 4 is 32.9 Å².